The summed E-state index contributed by atoms with van der Waals surface area (Å²) in [5.74, 6) is 0.182. The summed E-state index contributed by atoms with van der Waals surface area (Å²) in [4.78, 5) is 0. The lowest BCUT2D eigenvalue weighted by molar-refractivity contribution is 0.305. The third kappa shape index (κ3) is 3.57. The second kappa shape index (κ2) is 6.36. The Morgan fingerprint density at radius 2 is 1.75 bits per heavy atom. The molecule has 0 spiro atoms. The maximum Gasteiger partial charge on any atom is 0.124 e. The molecule has 0 fully saturated rings. The Balaban J connectivity index is 2.03. The summed E-state index contributed by atoms with van der Waals surface area (Å²) in [6.07, 6.45) is 0.357. The lowest BCUT2D eigenvalue weighted by Crippen LogP contribution is -1.97. The molecule has 0 aliphatic rings. The van der Waals surface area contributed by atoms with E-state index < -0.39 is 5.82 Å². The van der Waals surface area contributed by atoms with E-state index in [1.165, 1.54) is 12.1 Å². The highest BCUT2D eigenvalue weighted by Crippen LogP contribution is 2.16. The third-order valence-corrected chi connectivity index (χ3v) is 2.70. The molecule has 0 saturated heterocycles. The zero-order valence-electron chi connectivity index (χ0n) is 10.6. The van der Waals surface area contributed by atoms with Gasteiger partial charge in [-0.25, -0.2) is 4.39 Å². The van der Waals surface area contributed by atoms with E-state index in [2.05, 4.69) is 6.07 Å². The van der Waals surface area contributed by atoms with Crippen molar-refractivity contribution >= 4 is 0 Å². The molecule has 0 amide bonds. The van der Waals surface area contributed by atoms with Gasteiger partial charge in [0.05, 0.1) is 24.1 Å². The number of hydrogen-bond donors (Lipinski definition) is 0. The number of hydrogen-bond acceptors (Lipinski definition) is 3. The molecule has 98 valence electrons. The van der Waals surface area contributed by atoms with Gasteiger partial charge in [-0.05, 0) is 41.5 Å². The maximum absolute atomic E-state index is 13.2. The van der Waals surface area contributed by atoms with E-state index in [1.807, 2.05) is 18.2 Å². The highest BCUT2D eigenvalue weighted by molar-refractivity contribution is 5.34. The Hall–Kier alpha value is -2.85. The Labute approximate surface area is 116 Å². The van der Waals surface area contributed by atoms with Gasteiger partial charge in [-0.3, -0.25) is 0 Å². The van der Waals surface area contributed by atoms with Crippen LogP contribution in [0, 0.1) is 28.5 Å². The van der Waals surface area contributed by atoms with Crippen molar-refractivity contribution < 1.29 is 9.13 Å². The number of ether oxygens (including phenoxy) is 1. The van der Waals surface area contributed by atoms with Crippen LogP contribution in [0.25, 0.3) is 0 Å². The summed E-state index contributed by atoms with van der Waals surface area (Å²) >= 11 is 0. The predicted octanol–water partition coefficient (Wildman–Crippen LogP) is 3.34. The normalized spacial score (nSPS) is 9.55. The van der Waals surface area contributed by atoms with E-state index in [4.69, 9.17) is 15.3 Å². The Morgan fingerprint density at radius 3 is 2.40 bits per heavy atom. The number of benzene rings is 2. The largest absolute Gasteiger partial charge is 0.489 e. The van der Waals surface area contributed by atoms with Crippen LogP contribution >= 0.6 is 0 Å². The number of nitriles is 2. The summed E-state index contributed by atoms with van der Waals surface area (Å²) in [5.41, 5.74) is 1.79. The van der Waals surface area contributed by atoms with Crippen LogP contribution in [-0.4, -0.2) is 0 Å². The van der Waals surface area contributed by atoms with Gasteiger partial charge in [0, 0.05) is 0 Å². The summed E-state index contributed by atoms with van der Waals surface area (Å²) in [6, 6.07) is 15.2. The first kappa shape index (κ1) is 13.6. The molecule has 2 rings (SSSR count). The van der Waals surface area contributed by atoms with E-state index in [1.54, 1.807) is 18.2 Å². The smallest absolute Gasteiger partial charge is 0.124 e. The molecule has 0 atom stereocenters. The van der Waals surface area contributed by atoms with Crippen LogP contribution in [0.1, 0.15) is 16.7 Å². The van der Waals surface area contributed by atoms with Gasteiger partial charge in [0.25, 0.3) is 0 Å². The summed E-state index contributed by atoms with van der Waals surface area (Å²) < 4.78 is 18.8. The quantitative estimate of drug-likeness (QED) is 0.852. The van der Waals surface area contributed by atoms with Crippen molar-refractivity contribution in [3.8, 4) is 17.9 Å². The van der Waals surface area contributed by atoms with Gasteiger partial charge in [-0.15, -0.1) is 0 Å². The summed E-state index contributed by atoms with van der Waals surface area (Å²) in [5, 5.41) is 17.3. The Bertz CT molecular complexity index is 681. The average molecular weight is 266 g/mol. The van der Waals surface area contributed by atoms with Crippen molar-refractivity contribution in [2.45, 2.75) is 13.0 Å². The highest BCUT2D eigenvalue weighted by atomic mass is 19.1. The van der Waals surface area contributed by atoms with Crippen molar-refractivity contribution in [2.24, 2.45) is 0 Å². The molecule has 0 aliphatic heterocycles. The van der Waals surface area contributed by atoms with E-state index in [-0.39, 0.29) is 12.2 Å². The van der Waals surface area contributed by atoms with Gasteiger partial charge in [0.2, 0.25) is 0 Å². The summed E-state index contributed by atoms with van der Waals surface area (Å²) in [6.45, 7) is 0.185. The van der Waals surface area contributed by atoms with Crippen LogP contribution < -0.4 is 4.74 Å². The average Bonchev–Trinajstić information content (AvgIpc) is 2.46. The maximum atomic E-state index is 13.2. The first-order valence-corrected chi connectivity index (χ1v) is 5.99. The van der Waals surface area contributed by atoms with Gasteiger partial charge in [0.1, 0.15) is 18.2 Å². The Kier molecular flexibility index (Phi) is 4.32. The molecular formula is C16H11FN2O. The van der Waals surface area contributed by atoms with Crippen LogP contribution in [0.5, 0.6) is 5.75 Å². The molecule has 2 aromatic carbocycles. The molecule has 0 aliphatic carbocycles. The van der Waals surface area contributed by atoms with Crippen molar-refractivity contribution in [2.75, 3.05) is 0 Å². The zero-order chi connectivity index (χ0) is 14.4. The molecule has 4 heteroatoms. The van der Waals surface area contributed by atoms with Crippen molar-refractivity contribution in [1.29, 1.82) is 10.5 Å². The molecule has 3 nitrogen and oxygen atoms in total. The van der Waals surface area contributed by atoms with Crippen LogP contribution in [0.2, 0.25) is 0 Å². The SMILES string of the molecule is N#CCc1ccc(OCc2cc(F)cc(C#N)c2)cc1. The van der Waals surface area contributed by atoms with Gasteiger partial charge in [0.15, 0.2) is 0 Å². The molecule has 20 heavy (non-hydrogen) atoms. The van der Waals surface area contributed by atoms with Crippen LogP contribution in [0.3, 0.4) is 0 Å². The molecule has 0 saturated carbocycles. The minimum Gasteiger partial charge on any atom is -0.489 e. The van der Waals surface area contributed by atoms with Gasteiger partial charge >= 0.3 is 0 Å². The van der Waals surface area contributed by atoms with Crippen LogP contribution in [0.4, 0.5) is 4.39 Å². The van der Waals surface area contributed by atoms with E-state index in [9.17, 15) is 4.39 Å². The van der Waals surface area contributed by atoms with Gasteiger partial charge in [-0.1, -0.05) is 12.1 Å². The lowest BCUT2D eigenvalue weighted by atomic mass is 10.1. The van der Waals surface area contributed by atoms with Crippen molar-refractivity contribution in [3.05, 3.63) is 65.0 Å². The fourth-order valence-electron chi connectivity index (χ4n) is 1.76. The van der Waals surface area contributed by atoms with Gasteiger partial charge < -0.3 is 4.74 Å². The van der Waals surface area contributed by atoms with Crippen molar-refractivity contribution in [3.63, 3.8) is 0 Å². The summed E-state index contributed by atoms with van der Waals surface area (Å²) in [7, 11) is 0. The first-order valence-electron chi connectivity index (χ1n) is 5.99. The second-order valence-electron chi connectivity index (χ2n) is 4.23. The van der Waals surface area contributed by atoms with Crippen LogP contribution in [0.15, 0.2) is 42.5 Å². The topological polar surface area (TPSA) is 56.8 Å². The third-order valence-electron chi connectivity index (χ3n) is 2.70. The fourth-order valence-corrected chi connectivity index (χ4v) is 1.76. The van der Waals surface area contributed by atoms with Gasteiger partial charge in [-0.2, -0.15) is 10.5 Å². The lowest BCUT2D eigenvalue weighted by Gasteiger charge is -2.07. The molecule has 0 radical (unpaired) electrons. The molecular weight excluding hydrogens is 255 g/mol. The van der Waals surface area contributed by atoms with E-state index in [0.717, 1.165) is 5.56 Å². The van der Waals surface area contributed by atoms with E-state index in [0.29, 0.717) is 17.7 Å². The number of nitrogens with zero attached hydrogens (tertiary/aromatic N) is 2. The fraction of sp³-hybridized carbons (Fsp3) is 0.125. The Morgan fingerprint density at radius 1 is 1.00 bits per heavy atom. The first-order chi connectivity index (χ1) is 9.71. The van der Waals surface area contributed by atoms with Crippen molar-refractivity contribution in [1.82, 2.24) is 0 Å². The van der Waals surface area contributed by atoms with E-state index >= 15 is 0 Å². The second-order valence-corrected chi connectivity index (χ2v) is 4.23. The minimum absolute atomic E-state index is 0.185. The monoisotopic (exact) mass is 266 g/mol. The molecule has 0 unspecified atom stereocenters. The number of halogens is 1. The molecule has 0 aromatic heterocycles. The number of rotatable bonds is 4. The standard InChI is InChI=1S/C16H11FN2O/c17-15-8-13(10-19)7-14(9-15)11-20-16-3-1-12(2-4-16)5-6-18/h1-4,7-9H,5,11H2. The minimum atomic E-state index is -0.452. The van der Waals surface area contributed by atoms with Crippen LogP contribution in [-0.2, 0) is 13.0 Å². The molecule has 0 bridgehead atoms. The highest BCUT2D eigenvalue weighted by Gasteiger charge is 2.02. The molecule has 0 N–H and O–H groups in total. The molecule has 0 heterocycles. The predicted molar refractivity (Wildman–Crippen MR) is 71.2 cm³/mol. The zero-order valence-corrected chi connectivity index (χ0v) is 10.6. The molecule has 2 aromatic rings.